The smallest absolute Gasteiger partial charge is 0.148 e. The molecule has 0 amide bonds. The largest absolute Gasteiger partial charge is 0.304 e. The van der Waals surface area contributed by atoms with Gasteiger partial charge in [0.25, 0.3) is 0 Å². The molecule has 1 fully saturated rings. The van der Waals surface area contributed by atoms with Crippen LogP contribution in [0.15, 0.2) is 0 Å². The first-order chi connectivity index (χ1) is 8.82. The summed E-state index contributed by atoms with van der Waals surface area (Å²) in [6.07, 6.45) is 0. The monoisotopic (exact) mass is 269 g/mol. The number of carbonyl (C=O) groups excluding carboxylic acids is 3. The number of rotatable bonds is 3. The molecule has 0 aromatic rings. The van der Waals surface area contributed by atoms with Gasteiger partial charge < -0.3 is 10.6 Å². The van der Waals surface area contributed by atoms with Crippen LogP contribution in [0, 0.1) is 0 Å². The molecule has 0 radical (unpaired) electrons. The van der Waals surface area contributed by atoms with Crippen molar-refractivity contribution in [3.05, 3.63) is 0 Å². The van der Waals surface area contributed by atoms with E-state index in [0.29, 0.717) is 19.6 Å². The maximum Gasteiger partial charge on any atom is 0.148 e. The molecule has 1 rings (SSSR count). The summed E-state index contributed by atoms with van der Waals surface area (Å²) in [6, 6.07) is -1.03. The summed E-state index contributed by atoms with van der Waals surface area (Å²) in [5.74, 6) is 0.0431. The van der Waals surface area contributed by atoms with E-state index in [4.69, 9.17) is 0 Å². The molecule has 2 N–H and O–H groups in total. The standard InChI is InChI=1S/C13H23N3O3/c1-8(17)11-5-14-12(9(2)18)7-16(4)13(6-15-11)10(3)19/h11-15H,5-7H2,1-4H3. The average Bonchev–Trinajstić information content (AvgIpc) is 2.37. The Balaban J connectivity index is 2.90. The van der Waals surface area contributed by atoms with Gasteiger partial charge in [-0.15, -0.1) is 0 Å². The molecule has 6 heteroatoms. The van der Waals surface area contributed by atoms with Crippen molar-refractivity contribution in [2.75, 3.05) is 26.7 Å². The SMILES string of the molecule is CC(=O)C1CNC(C(C)=O)CN(C)C(C(C)=O)CN1. The lowest BCUT2D eigenvalue weighted by Crippen LogP contribution is -2.49. The second-order valence-corrected chi connectivity index (χ2v) is 5.21. The predicted octanol–water partition coefficient (Wildman–Crippen LogP) is -1.02. The maximum absolute atomic E-state index is 11.7. The fourth-order valence-electron chi connectivity index (χ4n) is 2.24. The Morgan fingerprint density at radius 1 is 0.895 bits per heavy atom. The minimum Gasteiger partial charge on any atom is -0.304 e. The number of nitrogens with zero attached hydrogens (tertiary/aromatic N) is 1. The summed E-state index contributed by atoms with van der Waals surface area (Å²) >= 11 is 0. The van der Waals surface area contributed by atoms with Gasteiger partial charge in [0.2, 0.25) is 0 Å². The number of Topliss-reactive ketones (excluding diaryl/α,β-unsaturated/α-hetero) is 3. The zero-order valence-corrected chi connectivity index (χ0v) is 12.0. The van der Waals surface area contributed by atoms with Crippen molar-refractivity contribution in [2.24, 2.45) is 0 Å². The summed E-state index contributed by atoms with van der Waals surface area (Å²) in [6.45, 7) is 5.83. The molecule has 6 nitrogen and oxygen atoms in total. The molecule has 0 bridgehead atoms. The first-order valence-electron chi connectivity index (χ1n) is 6.51. The van der Waals surface area contributed by atoms with E-state index in [1.165, 1.54) is 20.8 Å². The van der Waals surface area contributed by atoms with E-state index in [-0.39, 0.29) is 35.5 Å². The number of hydrogen-bond acceptors (Lipinski definition) is 6. The van der Waals surface area contributed by atoms with E-state index >= 15 is 0 Å². The fourth-order valence-corrected chi connectivity index (χ4v) is 2.24. The van der Waals surface area contributed by atoms with E-state index in [0.717, 1.165) is 0 Å². The van der Waals surface area contributed by atoms with E-state index in [1.807, 2.05) is 11.9 Å². The molecule has 1 aliphatic rings. The van der Waals surface area contributed by atoms with Crippen LogP contribution < -0.4 is 10.6 Å². The van der Waals surface area contributed by atoms with Crippen molar-refractivity contribution in [2.45, 2.75) is 38.9 Å². The van der Waals surface area contributed by atoms with Crippen LogP contribution in [0.25, 0.3) is 0 Å². The van der Waals surface area contributed by atoms with Gasteiger partial charge in [0.15, 0.2) is 0 Å². The Hall–Kier alpha value is -1.11. The molecule has 0 aliphatic carbocycles. The van der Waals surface area contributed by atoms with E-state index in [9.17, 15) is 14.4 Å². The summed E-state index contributed by atoms with van der Waals surface area (Å²) in [4.78, 5) is 36.6. The lowest BCUT2D eigenvalue weighted by molar-refractivity contribution is -0.123. The van der Waals surface area contributed by atoms with Crippen LogP contribution >= 0.6 is 0 Å². The predicted molar refractivity (Wildman–Crippen MR) is 72.0 cm³/mol. The molecule has 1 saturated heterocycles. The van der Waals surface area contributed by atoms with Gasteiger partial charge >= 0.3 is 0 Å². The molecule has 1 aliphatic heterocycles. The maximum atomic E-state index is 11.7. The van der Waals surface area contributed by atoms with Crippen LogP contribution in [-0.2, 0) is 14.4 Å². The van der Waals surface area contributed by atoms with Crippen LogP contribution in [-0.4, -0.2) is 67.1 Å². The minimum atomic E-state index is -0.366. The first kappa shape index (κ1) is 15.9. The van der Waals surface area contributed by atoms with Gasteiger partial charge in [-0.25, -0.2) is 0 Å². The zero-order chi connectivity index (χ0) is 14.6. The molecule has 3 unspecified atom stereocenters. The Bertz CT molecular complexity index is 370. The Kier molecular flexibility index (Phi) is 5.78. The van der Waals surface area contributed by atoms with Crippen LogP contribution in [0.1, 0.15) is 20.8 Å². The van der Waals surface area contributed by atoms with Gasteiger partial charge in [-0.05, 0) is 27.8 Å². The number of ketones is 3. The highest BCUT2D eigenvalue weighted by atomic mass is 16.1. The number of hydrogen-bond donors (Lipinski definition) is 2. The molecule has 0 aromatic heterocycles. The molecule has 0 spiro atoms. The summed E-state index contributed by atoms with van der Waals surface area (Å²) in [5.41, 5.74) is 0. The summed E-state index contributed by atoms with van der Waals surface area (Å²) < 4.78 is 0. The van der Waals surface area contributed by atoms with E-state index < -0.39 is 0 Å². The quantitative estimate of drug-likeness (QED) is 0.683. The van der Waals surface area contributed by atoms with Crippen molar-refractivity contribution < 1.29 is 14.4 Å². The van der Waals surface area contributed by atoms with Crippen LogP contribution in [0.4, 0.5) is 0 Å². The van der Waals surface area contributed by atoms with Crippen molar-refractivity contribution in [3.63, 3.8) is 0 Å². The van der Waals surface area contributed by atoms with Gasteiger partial charge in [-0.1, -0.05) is 0 Å². The summed E-state index contributed by atoms with van der Waals surface area (Å²) in [5, 5.41) is 6.19. The van der Waals surface area contributed by atoms with Gasteiger partial charge in [-0.2, -0.15) is 0 Å². The fraction of sp³-hybridized carbons (Fsp3) is 0.769. The van der Waals surface area contributed by atoms with Crippen LogP contribution in [0.3, 0.4) is 0 Å². The average molecular weight is 269 g/mol. The summed E-state index contributed by atoms with van der Waals surface area (Å²) in [7, 11) is 1.82. The third-order valence-electron chi connectivity index (χ3n) is 3.58. The van der Waals surface area contributed by atoms with Crippen LogP contribution in [0.5, 0.6) is 0 Å². The van der Waals surface area contributed by atoms with Gasteiger partial charge in [-0.3, -0.25) is 19.3 Å². The highest BCUT2D eigenvalue weighted by Crippen LogP contribution is 2.04. The molecule has 19 heavy (non-hydrogen) atoms. The Labute approximate surface area is 113 Å². The molecular weight excluding hydrogens is 246 g/mol. The topological polar surface area (TPSA) is 78.5 Å². The Morgan fingerprint density at radius 2 is 1.42 bits per heavy atom. The van der Waals surface area contributed by atoms with Crippen molar-refractivity contribution >= 4 is 17.3 Å². The van der Waals surface area contributed by atoms with Crippen molar-refractivity contribution in [3.8, 4) is 0 Å². The number of likely N-dealkylation sites (N-methyl/N-ethyl adjacent to an activating group) is 1. The third-order valence-corrected chi connectivity index (χ3v) is 3.58. The van der Waals surface area contributed by atoms with Gasteiger partial charge in [0.1, 0.15) is 17.3 Å². The molecular formula is C13H23N3O3. The lowest BCUT2D eigenvalue weighted by Gasteiger charge is -2.27. The lowest BCUT2D eigenvalue weighted by atomic mass is 10.1. The van der Waals surface area contributed by atoms with Gasteiger partial charge in [0.05, 0.1) is 18.1 Å². The number of carbonyl (C=O) groups is 3. The normalized spacial score (nSPS) is 30.0. The third kappa shape index (κ3) is 4.49. The van der Waals surface area contributed by atoms with Crippen molar-refractivity contribution in [1.29, 1.82) is 0 Å². The molecule has 1 heterocycles. The van der Waals surface area contributed by atoms with Crippen LogP contribution in [0.2, 0.25) is 0 Å². The minimum absolute atomic E-state index is 0.00153. The van der Waals surface area contributed by atoms with Crippen molar-refractivity contribution in [1.82, 2.24) is 15.5 Å². The highest BCUT2D eigenvalue weighted by Gasteiger charge is 2.28. The Morgan fingerprint density at radius 3 is 1.89 bits per heavy atom. The first-order valence-corrected chi connectivity index (χ1v) is 6.51. The molecule has 3 atom stereocenters. The van der Waals surface area contributed by atoms with E-state index in [1.54, 1.807) is 0 Å². The molecule has 0 saturated carbocycles. The number of nitrogens with one attached hydrogen (secondary N) is 2. The van der Waals surface area contributed by atoms with Gasteiger partial charge in [0, 0.05) is 19.6 Å². The second-order valence-electron chi connectivity index (χ2n) is 5.21. The highest BCUT2D eigenvalue weighted by molar-refractivity contribution is 5.84. The molecule has 0 aromatic carbocycles. The second kappa shape index (κ2) is 6.88. The molecule has 108 valence electrons. The van der Waals surface area contributed by atoms with E-state index in [2.05, 4.69) is 10.6 Å². The zero-order valence-electron chi connectivity index (χ0n) is 12.0.